The Morgan fingerprint density at radius 2 is 1.75 bits per heavy atom. The fourth-order valence-corrected chi connectivity index (χ4v) is 1.77. The van der Waals surface area contributed by atoms with Crippen molar-refractivity contribution in [2.45, 2.75) is 33.2 Å². The van der Waals surface area contributed by atoms with Gasteiger partial charge in [-0.3, -0.25) is 0 Å². The highest BCUT2D eigenvalue weighted by Crippen LogP contribution is 2.29. The minimum atomic E-state index is -0.158. The van der Waals surface area contributed by atoms with Crippen molar-refractivity contribution < 1.29 is 14.2 Å². The Labute approximate surface area is 122 Å². The normalized spacial score (nSPS) is 13.1. The van der Waals surface area contributed by atoms with Gasteiger partial charge in [-0.2, -0.15) is 0 Å². The second-order valence-corrected chi connectivity index (χ2v) is 6.11. The van der Waals surface area contributed by atoms with Gasteiger partial charge in [-0.15, -0.1) is 0 Å². The number of ether oxygens (including phenoxy) is 3. The molecule has 4 heteroatoms. The van der Waals surface area contributed by atoms with Gasteiger partial charge < -0.3 is 19.9 Å². The van der Waals surface area contributed by atoms with Crippen molar-refractivity contribution in [2.24, 2.45) is 11.1 Å². The van der Waals surface area contributed by atoms with Crippen LogP contribution in [-0.4, -0.2) is 27.4 Å². The summed E-state index contributed by atoms with van der Waals surface area (Å²) in [5.41, 5.74) is 7.41. The molecule has 1 aromatic rings. The van der Waals surface area contributed by atoms with Crippen LogP contribution in [0.5, 0.6) is 11.5 Å². The number of benzene rings is 1. The van der Waals surface area contributed by atoms with Crippen molar-refractivity contribution in [3.05, 3.63) is 23.8 Å². The minimum Gasteiger partial charge on any atom is -0.493 e. The molecular weight excluding hydrogens is 254 g/mol. The molecule has 1 aromatic carbocycles. The summed E-state index contributed by atoms with van der Waals surface area (Å²) in [7, 11) is 3.24. The molecular formula is C16H27NO3. The van der Waals surface area contributed by atoms with E-state index < -0.39 is 0 Å². The van der Waals surface area contributed by atoms with E-state index in [0.717, 1.165) is 18.6 Å². The third kappa shape index (κ3) is 5.39. The first-order valence-corrected chi connectivity index (χ1v) is 6.92. The maximum Gasteiger partial charge on any atom is 0.161 e. The van der Waals surface area contributed by atoms with Crippen LogP contribution in [0.4, 0.5) is 0 Å². The van der Waals surface area contributed by atoms with Gasteiger partial charge in [0.05, 0.1) is 26.9 Å². The maximum atomic E-state index is 6.14. The van der Waals surface area contributed by atoms with Gasteiger partial charge in [0.2, 0.25) is 0 Å². The highest BCUT2D eigenvalue weighted by molar-refractivity contribution is 5.43. The summed E-state index contributed by atoms with van der Waals surface area (Å²) in [5, 5.41) is 0. The van der Waals surface area contributed by atoms with Crippen LogP contribution in [0.15, 0.2) is 18.2 Å². The van der Waals surface area contributed by atoms with Crippen LogP contribution in [0, 0.1) is 5.41 Å². The van der Waals surface area contributed by atoms with E-state index in [1.165, 1.54) is 0 Å². The van der Waals surface area contributed by atoms with E-state index in [2.05, 4.69) is 20.8 Å². The SMILES string of the molecule is COc1ccc(C(N)COCCC(C)(C)C)cc1OC. The summed E-state index contributed by atoms with van der Waals surface area (Å²) < 4.78 is 16.1. The first-order valence-electron chi connectivity index (χ1n) is 6.92. The minimum absolute atomic E-state index is 0.158. The van der Waals surface area contributed by atoms with Crippen LogP contribution in [-0.2, 0) is 4.74 Å². The summed E-state index contributed by atoms with van der Waals surface area (Å²) in [4.78, 5) is 0. The van der Waals surface area contributed by atoms with E-state index in [9.17, 15) is 0 Å². The first-order chi connectivity index (χ1) is 9.37. The average molecular weight is 281 g/mol. The number of rotatable bonds is 7. The molecule has 0 bridgehead atoms. The van der Waals surface area contributed by atoms with Crippen LogP contribution < -0.4 is 15.2 Å². The molecule has 0 radical (unpaired) electrons. The first kappa shape index (κ1) is 16.8. The van der Waals surface area contributed by atoms with E-state index in [1.807, 2.05) is 18.2 Å². The largest absolute Gasteiger partial charge is 0.493 e. The standard InChI is InChI=1S/C16H27NO3/c1-16(2,3)8-9-20-11-13(17)12-6-7-14(18-4)15(10-12)19-5/h6-7,10,13H,8-9,11,17H2,1-5H3. The molecule has 114 valence electrons. The molecule has 0 amide bonds. The topological polar surface area (TPSA) is 53.7 Å². The van der Waals surface area contributed by atoms with Gasteiger partial charge in [-0.25, -0.2) is 0 Å². The molecule has 1 atom stereocenters. The van der Waals surface area contributed by atoms with Crippen molar-refractivity contribution in [2.75, 3.05) is 27.4 Å². The molecule has 0 heterocycles. The molecule has 20 heavy (non-hydrogen) atoms. The molecule has 0 fully saturated rings. The van der Waals surface area contributed by atoms with Crippen molar-refractivity contribution >= 4 is 0 Å². The molecule has 0 aliphatic rings. The molecule has 0 saturated heterocycles. The highest BCUT2D eigenvalue weighted by atomic mass is 16.5. The van der Waals surface area contributed by atoms with Crippen LogP contribution in [0.25, 0.3) is 0 Å². The Balaban J connectivity index is 2.53. The Hall–Kier alpha value is -1.26. The fourth-order valence-electron chi connectivity index (χ4n) is 1.77. The molecule has 0 aromatic heterocycles. The van der Waals surface area contributed by atoms with Crippen LogP contribution in [0.1, 0.15) is 38.8 Å². The predicted octanol–water partition coefficient (Wildman–Crippen LogP) is 3.16. The zero-order valence-corrected chi connectivity index (χ0v) is 13.2. The molecule has 0 spiro atoms. The molecule has 4 nitrogen and oxygen atoms in total. The lowest BCUT2D eigenvalue weighted by Crippen LogP contribution is -2.19. The molecule has 0 aliphatic carbocycles. The van der Waals surface area contributed by atoms with Gasteiger partial charge in [0.1, 0.15) is 0 Å². The summed E-state index contributed by atoms with van der Waals surface area (Å²) in [5.74, 6) is 1.40. The lowest BCUT2D eigenvalue weighted by atomic mass is 9.93. The van der Waals surface area contributed by atoms with Gasteiger partial charge in [-0.1, -0.05) is 26.8 Å². The van der Waals surface area contributed by atoms with Gasteiger partial charge in [-0.05, 0) is 29.5 Å². The summed E-state index contributed by atoms with van der Waals surface area (Å²) in [6, 6.07) is 5.55. The Bertz CT molecular complexity index is 413. The Kier molecular flexibility index (Phi) is 6.30. The number of nitrogens with two attached hydrogens (primary N) is 1. The second kappa shape index (κ2) is 7.50. The molecule has 0 saturated carbocycles. The monoisotopic (exact) mass is 281 g/mol. The van der Waals surface area contributed by atoms with Crippen LogP contribution >= 0.6 is 0 Å². The Morgan fingerprint density at radius 1 is 1.10 bits per heavy atom. The zero-order chi connectivity index (χ0) is 15.2. The van der Waals surface area contributed by atoms with E-state index in [4.69, 9.17) is 19.9 Å². The van der Waals surface area contributed by atoms with E-state index >= 15 is 0 Å². The number of methoxy groups -OCH3 is 2. The lowest BCUT2D eigenvalue weighted by Gasteiger charge is -2.19. The quantitative estimate of drug-likeness (QED) is 0.780. The van der Waals surface area contributed by atoms with E-state index in [0.29, 0.717) is 18.1 Å². The van der Waals surface area contributed by atoms with Crippen molar-refractivity contribution in [3.63, 3.8) is 0 Å². The zero-order valence-electron chi connectivity index (χ0n) is 13.2. The Morgan fingerprint density at radius 3 is 2.30 bits per heavy atom. The van der Waals surface area contributed by atoms with Gasteiger partial charge >= 0.3 is 0 Å². The number of hydrogen-bond donors (Lipinski definition) is 1. The predicted molar refractivity (Wildman–Crippen MR) is 81.4 cm³/mol. The van der Waals surface area contributed by atoms with Crippen LogP contribution in [0.2, 0.25) is 0 Å². The fraction of sp³-hybridized carbons (Fsp3) is 0.625. The van der Waals surface area contributed by atoms with Gasteiger partial charge in [0.25, 0.3) is 0 Å². The lowest BCUT2D eigenvalue weighted by molar-refractivity contribution is 0.0974. The summed E-state index contributed by atoms with van der Waals surface area (Å²) >= 11 is 0. The van der Waals surface area contributed by atoms with Crippen molar-refractivity contribution in [3.8, 4) is 11.5 Å². The summed E-state index contributed by atoms with van der Waals surface area (Å²) in [6.07, 6.45) is 1.02. The van der Waals surface area contributed by atoms with E-state index in [1.54, 1.807) is 14.2 Å². The molecule has 2 N–H and O–H groups in total. The molecule has 0 aliphatic heterocycles. The highest BCUT2D eigenvalue weighted by Gasteiger charge is 2.13. The smallest absolute Gasteiger partial charge is 0.161 e. The average Bonchev–Trinajstić information content (AvgIpc) is 2.41. The third-order valence-corrected chi connectivity index (χ3v) is 3.13. The number of hydrogen-bond acceptors (Lipinski definition) is 4. The van der Waals surface area contributed by atoms with Crippen LogP contribution in [0.3, 0.4) is 0 Å². The van der Waals surface area contributed by atoms with Gasteiger partial charge in [0, 0.05) is 6.61 Å². The van der Waals surface area contributed by atoms with E-state index in [-0.39, 0.29) is 11.5 Å². The maximum absolute atomic E-state index is 6.14. The summed E-state index contributed by atoms with van der Waals surface area (Å²) in [6.45, 7) is 7.83. The second-order valence-electron chi connectivity index (χ2n) is 6.11. The van der Waals surface area contributed by atoms with Gasteiger partial charge in [0.15, 0.2) is 11.5 Å². The molecule has 1 rings (SSSR count). The molecule has 1 unspecified atom stereocenters. The van der Waals surface area contributed by atoms with Crippen molar-refractivity contribution in [1.82, 2.24) is 0 Å². The van der Waals surface area contributed by atoms with Crippen molar-refractivity contribution in [1.29, 1.82) is 0 Å². The third-order valence-electron chi connectivity index (χ3n) is 3.13.